The van der Waals surface area contributed by atoms with Crippen molar-refractivity contribution in [3.63, 3.8) is 0 Å². The lowest BCUT2D eigenvalue weighted by Crippen LogP contribution is -2.27. The lowest BCUT2D eigenvalue weighted by Gasteiger charge is -2.21. The highest BCUT2D eigenvalue weighted by Gasteiger charge is 2.31. The van der Waals surface area contributed by atoms with Crippen molar-refractivity contribution in [3.8, 4) is 10.7 Å². The SMILES string of the molecule is O=C(O)C[C@H]1Sc2nnc(-c3cccs3)n2N=C1c1ccc(Cl)cc1. The number of aromatic nitrogens is 3. The molecule has 1 aromatic carbocycles. The van der Waals surface area contributed by atoms with Crippen LogP contribution in [-0.4, -0.2) is 36.9 Å². The first-order chi connectivity index (χ1) is 12.1. The number of carboxylic acids is 1. The molecule has 0 amide bonds. The third-order valence-electron chi connectivity index (χ3n) is 3.61. The van der Waals surface area contributed by atoms with Gasteiger partial charge in [-0.15, -0.1) is 21.5 Å². The molecule has 1 atom stereocenters. The molecule has 0 unspecified atom stereocenters. The average Bonchev–Trinajstić information content (AvgIpc) is 3.23. The van der Waals surface area contributed by atoms with E-state index in [4.69, 9.17) is 11.6 Å². The molecule has 25 heavy (non-hydrogen) atoms. The molecular formula is C16H11ClN4O2S2. The Kier molecular flexibility index (Phi) is 4.32. The highest BCUT2D eigenvalue weighted by molar-refractivity contribution is 8.00. The van der Waals surface area contributed by atoms with Gasteiger partial charge in [-0.3, -0.25) is 4.79 Å². The van der Waals surface area contributed by atoms with Crippen LogP contribution in [0.15, 0.2) is 52.0 Å². The predicted molar refractivity (Wildman–Crippen MR) is 98.6 cm³/mol. The minimum absolute atomic E-state index is 0.0483. The third-order valence-corrected chi connectivity index (χ3v) is 5.87. The van der Waals surface area contributed by atoms with Gasteiger partial charge in [0, 0.05) is 5.02 Å². The number of halogens is 1. The van der Waals surface area contributed by atoms with E-state index in [1.165, 1.54) is 11.8 Å². The highest BCUT2D eigenvalue weighted by atomic mass is 35.5. The number of thioether (sulfide) groups is 1. The maximum atomic E-state index is 11.3. The largest absolute Gasteiger partial charge is 0.481 e. The quantitative estimate of drug-likeness (QED) is 0.731. The Morgan fingerprint density at radius 2 is 2.04 bits per heavy atom. The van der Waals surface area contributed by atoms with Crippen LogP contribution in [0, 0.1) is 0 Å². The van der Waals surface area contributed by atoms with E-state index in [9.17, 15) is 9.90 Å². The number of hydrogen-bond acceptors (Lipinski definition) is 6. The summed E-state index contributed by atoms with van der Waals surface area (Å²) in [6.45, 7) is 0. The molecule has 0 bridgehead atoms. The molecule has 2 aromatic heterocycles. The molecule has 1 aliphatic heterocycles. The molecule has 0 fully saturated rings. The monoisotopic (exact) mass is 390 g/mol. The van der Waals surface area contributed by atoms with E-state index in [2.05, 4.69) is 15.3 Å². The summed E-state index contributed by atoms with van der Waals surface area (Å²) < 4.78 is 1.68. The lowest BCUT2D eigenvalue weighted by molar-refractivity contribution is -0.136. The van der Waals surface area contributed by atoms with Crippen LogP contribution in [0.4, 0.5) is 0 Å². The van der Waals surface area contributed by atoms with Crippen molar-refractivity contribution in [3.05, 3.63) is 52.4 Å². The van der Waals surface area contributed by atoms with Crippen LogP contribution in [0.25, 0.3) is 10.7 Å². The van der Waals surface area contributed by atoms with E-state index < -0.39 is 5.97 Å². The number of carboxylic acid groups (broad SMARTS) is 1. The Balaban J connectivity index is 1.82. The molecule has 1 N–H and O–H groups in total. The first-order valence-corrected chi connectivity index (χ1v) is 9.48. The Bertz CT molecular complexity index is 951. The smallest absolute Gasteiger partial charge is 0.304 e. The van der Waals surface area contributed by atoms with Crippen LogP contribution in [0.1, 0.15) is 12.0 Å². The predicted octanol–water partition coefficient (Wildman–Crippen LogP) is 3.86. The van der Waals surface area contributed by atoms with E-state index in [-0.39, 0.29) is 11.7 Å². The molecule has 0 spiro atoms. The van der Waals surface area contributed by atoms with E-state index in [0.29, 0.717) is 21.7 Å². The Morgan fingerprint density at radius 1 is 1.24 bits per heavy atom. The van der Waals surface area contributed by atoms with Gasteiger partial charge in [0.2, 0.25) is 5.16 Å². The van der Waals surface area contributed by atoms with E-state index in [1.807, 2.05) is 29.6 Å². The van der Waals surface area contributed by atoms with Crippen LogP contribution < -0.4 is 0 Å². The minimum Gasteiger partial charge on any atom is -0.481 e. The summed E-state index contributed by atoms with van der Waals surface area (Å²) >= 11 is 8.88. The standard InChI is InChI=1S/C16H11ClN4O2S2/c17-10-5-3-9(4-6-10)14-12(8-13(22)23)25-16-19-18-15(21(16)20-14)11-2-1-7-24-11/h1-7,12H,8H2,(H,22,23)/t12-/m1/s1. The summed E-state index contributed by atoms with van der Waals surface area (Å²) in [5.74, 6) is -0.233. The summed E-state index contributed by atoms with van der Waals surface area (Å²) in [5.41, 5.74) is 1.51. The number of benzene rings is 1. The molecule has 0 saturated carbocycles. The van der Waals surface area contributed by atoms with Crippen LogP contribution in [0.5, 0.6) is 0 Å². The van der Waals surface area contributed by atoms with Gasteiger partial charge in [-0.1, -0.05) is 41.6 Å². The van der Waals surface area contributed by atoms with Gasteiger partial charge in [-0.05, 0) is 29.1 Å². The zero-order chi connectivity index (χ0) is 17.4. The fourth-order valence-electron chi connectivity index (χ4n) is 2.50. The van der Waals surface area contributed by atoms with E-state index in [1.54, 1.807) is 28.1 Å². The molecule has 3 heterocycles. The average molecular weight is 391 g/mol. The Labute approximate surface area is 156 Å². The van der Waals surface area contributed by atoms with E-state index >= 15 is 0 Å². The van der Waals surface area contributed by atoms with Crippen molar-refractivity contribution in [1.82, 2.24) is 14.9 Å². The molecular weight excluding hydrogens is 380 g/mol. The van der Waals surface area contributed by atoms with Gasteiger partial charge in [-0.25, -0.2) is 0 Å². The molecule has 4 rings (SSSR count). The Morgan fingerprint density at radius 3 is 2.72 bits per heavy atom. The maximum absolute atomic E-state index is 11.3. The molecule has 9 heteroatoms. The van der Waals surface area contributed by atoms with Crippen molar-refractivity contribution >= 4 is 46.4 Å². The van der Waals surface area contributed by atoms with Crippen molar-refractivity contribution in [2.75, 3.05) is 0 Å². The topological polar surface area (TPSA) is 80.4 Å². The molecule has 0 aliphatic carbocycles. The molecule has 0 saturated heterocycles. The zero-order valence-corrected chi connectivity index (χ0v) is 15.1. The first-order valence-electron chi connectivity index (χ1n) is 7.34. The lowest BCUT2D eigenvalue weighted by atomic mass is 10.1. The van der Waals surface area contributed by atoms with Gasteiger partial charge in [-0.2, -0.15) is 9.78 Å². The third kappa shape index (κ3) is 3.20. The number of aliphatic carboxylic acids is 1. The summed E-state index contributed by atoms with van der Waals surface area (Å²) in [6.07, 6.45) is -0.0483. The zero-order valence-electron chi connectivity index (χ0n) is 12.7. The van der Waals surface area contributed by atoms with Crippen molar-refractivity contribution in [2.24, 2.45) is 5.10 Å². The van der Waals surface area contributed by atoms with Crippen molar-refractivity contribution in [2.45, 2.75) is 16.8 Å². The summed E-state index contributed by atoms with van der Waals surface area (Å²) in [5, 5.41) is 25.2. The second-order valence-electron chi connectivity index (χ2n) is 5.29. The fraction of sp³-hybridized carbons (Fsp3) is 0.125. The number of fused-ring (bicyclic) bond motifs is 1. The van der Waals surface area contributed by atoms with Crippen LogP contribution in [0.2, 0.25) is 5.02 Å². The second kappa shape index (κ2) is 6.62. The van der Waals surface area contributed by atoms with Gasteiger partial charge in [0.25, 0.3) is 0 Å². The van der Waals surface area contributed by atoms with E-state index in [0.717, 1.165) is 10.4 Å². The van der Waals surface area contributed by atoms with Gasteiger partial charge in [0.1, 0.15) is 0 Å². The number of thiophene rings is 1. The minimum atomic E-state index is -0.884. The second-order valence-corrected chi connectivity index (χ2v) is 7.85. The van der Waals surface area contributed by atoms with Crippen molar-refractivity contribution in [1.29, 1.82) is 0 Å². The number of hydrogen-bond donors (Lipinski definition) is 1. The van der Waals surface area contributed by atoms with Crippen LogP contribution in [-0.2, 0) is 4.79 Å². The fourth-order valence-corrected chi connectivity index (χ4v) is 4.41. The van der Waals surface area contributed by atoms with Gasteiger partial charge in [0.15, 0.2) is 5.82 Å². The normalized spacial score (nSPS) is 16.4. The number of carbonyl (C=O) groups is 1. The van der Waals surface area contributed by atoms with Crippen LogP contribution >= 0.6 is 34.7 Å². The van der Waals surface area contributed by atoms with Gasteiger partial charge < -0.3 is 5.11 Å². The number of nitrogens with zero attached hydrogens (tertiary/aromatic N) is 4. The first kappa shape index (κ1) is 16.3. The molecule has 0 radical (unpaired) electrons. The summed E-state index contributed by atoms with van der Waals surface area (Å²) in [4.78, 5) is 12.2. The summed E-state index contributed by atoms with van der Waals surface area (Å²) in [7, 11) is 0. The molecule has 3 aromatic rings. The Hall–Kier alpha value is -2.16. The molecule has 1 aliphatic rings. The van der Waals surface area contributed by atoms with Crippen LogP contribution in [0.3, 0.4) is 0 Å². The van der Waals surface area contributed by atoms with Crippen molar-refractivity contribution < 1.29 is 9.90 Å². The molecule has 126 valence electrons. The molecule has 6 nitrogen and oxygen atoms in total. The summed E-state index contributed by atoms with van der Waals surface area (Å²) in [6, 6.07) is 11.1. The van der Waals surface area contributed by atoms with Gasteiger partial charge in [0.05, 0.1) is 22.3 Å². The number of rotatable bonds is 4. The highest BCUT2D eigenvalue weighted by Crippen LogP contribution is 2.35. The van der Waals surface area contributed by atoms with Gasteiger partial charge >= 0.3 is 5.97 Å². The maximum Gasteiger partial charge on any atom is 0.304 e.